The van der Waals surface area contributed by atoms with Gasteiger partial charge in [-0.15, -0.1) is 0 Å². The Morgan fingerprint density at radius 2 is 1.63 bits per heavy atom. The zero-order chi connectivity index (χ0) is 18.6. The fourth-order valence-corrected chi connectivity index (χ4v) is 5.38. The number of amides is 2. The average molecular weight is 369 g/mol. The molecule has 3 aliphatic rings. The van der Waals surface area contributed by atoms with Crippen LogP contribution in [0.25, 0.3) is 0 Å². The van der Waals surface area contributed by atoms with E-state index in [9.17, 15) is 9.59 Å². The number of carbonyl (C=O) groups excluding carboxylic acids is 2. The van der Waals surface area contributed by atoms with Gasteiger partial charge in [-0.25, -0.2) is 0 Å². The van der Waals surface area contributed by atoms with E-state index in [1.165, 1.54) is 32.1 Å². The van der Waals surface area contributed by atoms with E-state index in [2.05, 4.69) is 10.2 Å². The highest BCUT2D eigenvalue weighted by Gasteiger charge is 2.36. The van der Waals surface area contributed by atoms with Gasteiger partial charge in [0.1, 0.15) is 0 Å². The highest BCUT2D eigenvalue weighted by Crippen LogP contribution is 2.36. The minimum Gasteiger partial charge on any atom is -0.335 e. The molecule has 0 bridgehead atoms. The summed E-state index contributed by atoms with van der Waals surface area (Å²) in [6, 6.07) is 7.98. The molecule has 4 nitrogen and oxygen atoms in total. The molecule has 3 fully saturated rings. The standard InChI is InChI=1S/C23H32N2O2/c26-22(18-9-2-1-3-10-18)24-20-13-6-11-19(16-20)23(27)25-15-7-12-17-8-4-5-14-21(17)25/h6,11,13,16-18,21H,1-5,7-10,12,14-15H2,(H,24,26)/t17-,21-/m0/s1. The van der Waals surface area contributed by atoms with Crippen LogP contribution in [0.5, 0.6) is 0 Å². The molecule has 0 radical (unpaired) electrons. The molecule has 0 aromatic heterocycles. The fraction of sp³-hybridized carbons (Fsp3) is 0.652. The van der Waals surface area contributed by atoms with Gasteiger partial charge in [0.15, 0.2) is 0 Å². The van der Waals surface area contributed by atoms with Crippen LogP contribution < -0.4 is 5.32 Å². The number of anilines is 1. The number of hydrogen-bond acceptors (Lipinski definition) is 2. The van der Waals surface area contributed by atoms with E-state index < -0.39 is 0 Å². The minimum absolute atomic E-state index is 0.115. The first-order valence-corrected chi connectivity index (χ1v) is 10.9. The van der Waals surface area contributed by atoms with E-state index in [-0.39, 0.29) is 17.7 Å². The van der Waals surface area contributed by atoms with Crippen molar-refractivity contribution in [1.29, 1.82) is 0 Å². The van der Waals surface area contributed by atoms with Crippen molar-refractivity contribution in [2.45, 2.75) is 76.7 Å². The molecule has 0 spiro atoms. The Labute approximate surface area is 162 Å². The summed E-state index contributed by atoms with van der Waals surface area (Å²) < 4.78 is 0. The maximum atomic E-state index is 13.2. The third-order valence-corrected chi connectivity index (χ3v) is 6.86. The molecular weight excluding hydrogens is 336 g/mol. The monoisotopic (exact) mass is 368 g/mol. The van der Waals surface area contributed by atoms with Gasteiger partial charge >= 0.3 is 0 Å². The van der Waals surface area contributed by atoms with Crippen LogP contribution in [-0.4, -0.2) is 29.3 Å². The van der Waals surface area contributed by atoms with Crippen LogP contribution in [0.3, 0.4) is 0 Å². The summed E-state index contributed by atoms with van der Waals surface area (Å²) in [5, 5.41) is 3.06. The van der Waals surface area contributed by atoms with Gasteiger partial charge in [0.05, 0.1) is 0 Å². The molecule has 1 N–H and O–H groups in total. The maximum Gasteiger partial charge on any atom is 0.254 e. The van der Waals surface area contributed by atoms with Gasteiger partial charge in [-0.1, -0.05) is 38.2 Å². The zero-order valence-electron chi connectivity index (χ0n) is 16.3. The van der Waals surface area contributed by atoms with Crippen molar-refractivity contribution in [3.8, 4) is 0 Å². The number of carbonyl (C=O) groups is 2. The molecule has 4 heteroatoms. The molecule has 146 valence electrons. The lowest BCUT2D eigenvalue weighted by molar-refractivity contribution is -0.120. The topological polar surface area (TPSA) is 49.4 Å². The summed E-state index contributed by atoms with van der Waals surface area (Å²) >= 11 is 0. The smallest absolute Gasteiger partial charge is 0.254 e. The van der Waals surface area contributed by atoms with Crippen molar-refractivity contribution < 1.29 is 9.59 Å². The molecule has 2 aliphatic carbocycles. The molecule has 1 heterocycles. The predicted molar refractivity (Wildman–Crippen MR) is 108 cm³/mol. The molecule has 1 aliphatic heterocycles. The molecular formula is C23H32N2O2. The second kappa shape index (κ2) is 8.45. The Hall–Kier alpha value is -1.84. The van der Waals surface area contributed by atoms with Gasteiger partial charge in [0.2, 0.25) is 5.91 Å². The quantitative estimate of drug-likeness (QED) is 0.816. The first-order valence-electron chi connectivity index (χ1n) is 10.9. The van der Waals surface area contributed by atoms with E-state index in [1.54, 1.807) is 0 Å². The lowest BCUT2D eigenvalue weighted by Gasteiger charge is -2.44. The van der Waals surface area contributed by atoms with Crippen LogP contribution in [0, 0.1) is 11.8 Å². The highest BCUT2D eigenvalue weighted by atomic mass is 16.2. The molecule has 1 saturated heterocycles. The Morgan fingerprint density at radius 1 is 0.889 bits per heavy atom. The Balaban J connectivity index is 1.45. The SMILES string of the molecule is O=C(Nc1cccc(C(=O)N2CCC[C@@H]3CCCC[C@@H]32)c1)C1CCCCC1. The number of benzene rings is 1. The normalized spacial score (nSPS) is 26.3. The number of rotatable bonds is 3. The van der Waals surface area contributed by atoms with Crippen molar-refractivity contribution in [1.82, 2.24) is 4.90 Å². The van der Waals surface area contributed by atoms with Crippen molar-refractivity contribution >= 4 is 17.5 Å². The van der Waals surface area contributed by atoms with Crippen LogP contribution in [0.4, 0.5) is 5.69 Å². The number of likely N-dealkylation sites (tertiary alicyclic amines) is 1. The molecule has 2 saturated carbocycles. The van der Waals surface area contributed by atoms with Gasteiger partial charge in [-0.3, -0.25) is 9.59 Å². The Kier molecular flexibility index (Phi) is 5.80. The van der Waals surface area contributed by atoms with E-state index in [0.29, 0.717) is 17.5 Å². The highest BCUT2D eigenvalue weighted by molar-refractivity contribution is 5.98. The molecule has 1 aromatic rings. The van der Waals surface area contributed by atoms with Crippen molar-refractivity contribution in [3.63, 3.8) is 0 Å². The number of piperidine rings is 1. The largest absolute Gasteiger partial charge is 0.335 e. The summed E-state index contributed by atoms with van der Waals surface area (Å²) in [7, 11) is 0. The average Bonchev–Trinajstić information content (AvgIpc) is 2.73. The van der Waals surface area contributed by atoms with Crippen molar-refractivity contribution in [2.75, 3.05) is 11.9 Å². The summed E-state index contributed by atoms with van der Waals surface area (Å²) in [5.41, 5.74) is 1.47. The van der Waals surface area contributed by atoms with Gasteiger partial charge < -0.3 is 10.2 Å². The third kappa shape index (κ3) is 4.20. The summed E-state index contributed by atoms with van der Waals surface area (Å²) in [6.45, 7) is 0.874. The van der Waals surface area contributed by atoms with Crippen molar-refractivity contribution in [3.05, 3.63) is 29.8 Å². The maximum absolute atomic E-state index is 13.2. The van der Waals surface area contributed by atoms with Crippen molar-refractivity contribution in [2.24, 2.45) is 11.8 Å². The fourth-order valence-electron chi connectivity index (χ4n) is 5.38. The number of nitrogens with zero attached hydrogens (tertiary/aromatic N) is 1. The number of hydrogen-bond donors (Lipinski definition) is 1. The number of nitrogens with one attached hydrogen (secondary N) is 1. The van der Waals surface area contributed by atoms with E-state index in [4.69, 9.17) is 0 Å². The zero-order valence-corrected chi connectivity index (χ0v) is 16.3. The van der Waals surface area contributed by atoms with Gasteiger partial charge in [0.25, 0.3) is 5.91 Å². The first kappa shape index (κ1) is 18.5. The van der Waals surface area contributed by atoms with E-state index >= 15 is 0 Å². The molecule has 4 rings (SSSR count). The summed E-state index contributed by atoms with van der Waals surface area (Å²) in [6.07, 6.45) is 12.9. The lowest BCUT2D eigenvalue weighted by atomic mass is 9.78. The second-order valence-corrected chi connectivity index (χ2v) is 8.66. The molecule has 27 heavy (non-hydrogen) atoms. The molecule has 2 atom stereocenters. The van der Waals surface area contributed by atoms with Gasteiger partial charge in [-0.2, -0.15) is 0 Å². The number of fused-ring (bicyclic) bond motifs is 1. The Morgan fingerprint density at radius 3 is 2.48 bits per heavy atom. The third-order valence-electron chi connectivity index (χ3n) is 6.86. The van der Waals surface area contributed by atoms with Crippen LogP contribution in [0.1, 0.15) is 81.0 Å². The molecule has 0 unspecified atom stereocenters. The minimum atomic E-state index is 0.115. The molecule has 1 aromatic carbocycles. The summed E-state index contributed by atoms with van der Waals surface area (Å²) in [4.78, 5) is 27.9. The van der Waals surface area contributed by atoms with Crippen LogP contribution in [0.2, 0.25) is 0 Å². The molecule has 2 amide bonds. The Bertz CT molecular complexity index is 679. The van der Waals surface area contributed by atoms with E-state index in [1.807, 2.05) is 24.3 Å². The lowest BCUT2D eigenvalue weighted by Crippen LogP contribution is -2.49. The van der Waals surface area contributed by atoms with Gasteiger partial charge in [-0.05, 0) is 62.6 Å². The van der Waals surface area contributed by atoms with Crippen LogP contribution in [0.15, 0.2) is 24.3 Å². The summed E-state index contributed by atoms with van der Waals surface area (Å²) in [5.74, 6) is 1.07. The van der Waals surface area contributed by atoms with Crippen LogP contribution in [-0.2, 0) is 4.79 Å². The van der Waals surface area contributed by atoms with Crippen LogP contribution >= 0.6 is 0 Å². The predicted octanol–water partition coefficient (Wildman–Crippen LogP) is 5.00. The van der Waals surface area contributed by atoms with Gasteiger partial charge in [0, 0.05) is 29.8 Å². The second-order valence-electron chi connectivity index (χ2n) is 8.66. The first-order chi connectivity index (χ1) is 13.2. The van der Waals surface area contributed by atoms with E-state index in [0.717, 1.165) is 50.8 Å².